The van der Waals surface area contributed by atoms with Crippen molar-refractivity contribution in [3.05, 3.63) is 125 Å². The largest absolute Gasteiger partial charge is 0.503 e. The molecule has 250 valence electrons. The molecule has 1 aromatic heterocycles. The lowest BCUT2D eigenvalue weighted by Crippen LogP contribution is -2.31. The zero-order valence-electron chi connectivity index (χ0n) is 27.4. The number of ketones is 1. The number of allylic oxidation sites excluding steroid dienone is 1. The Hall–Kier alpha value is -4.93. The van der Waals surface area contributed by atoms with E-state index in [1.807, 2.05) is 55.5 Å². The molecule has 0 fully saturated rings. The first-order valence-corrected chi connectivity index (χ1v) is 18.1. The van der Waals surface area contributed by atoms with Gasteiger partial charge in [-0.2, -0.15) is 0 Å². The molecule has 6 rings (SSSR count). The summed E-state index contributed by atoms with van der Waals surface area (Å²) in [5.74, 6) is -0.111. The Labute approximate surface area is 294 Å². The zero-order valence-corrected chi connectivity index (χ0v) is 29.0. The van der Waals surface area contributed by atoms with E-state index in [1.54, 1.807) is 24.3 Å². The SMILES string of the molecule is CCCCCOc1ccc(C2C(C(=O)/C=C/c3ccccc3)=C(O)C(=O)N2c2nnc(SCc3cccc4ccccc34)s2)cc1OCC. The molecule has 1 N–H and O–H groups in total. The standard InChI is InChI=1S/C39H37N3O5S2/c1-3-5-11-23-47-32-22-20-28(24-33(32)46-4-2)35-34(31(43)21-19-26-13-7-6-8-14-26)36(44)37(45)42(35)38-40-41-39(49-38)48-25-29-17-12-16-27-15-9-10-18-30(27)29/h6-10,12-22,24,35,44H,3-5,11,23,25H2,1-2H3/b21-19+. The van der Waals surface area contributed by atoms with E-state index in [4.69, 9.17) is 9.47 Å². The number of unbranched alkanes of at least 4 members (excludes halogenated alkanes) is 2. The molecule has 0 spiro atoms. The number of aliphatic hydroxyl groups excluding tert-OH is 1. The fourth-order valence-corrected chi connectivity index (χ4v) is 7.60. The summed E-state index contributed by atoms with van der Waals surface area (Å²) in [5.41, 5.74) is 2.50. The first-order valence-electron chi connectivity index (χ1n) is 16.3. The molecule has 1 aliphatic heterocycles. The second-order valence-electron chi connectivity index (χ2n) is 11.4. The summed E-state index contributed by atoms with van der Waals surface area (Å²) >= 11 is 2.76. The second kappa shape index (κ2) is 16.0. The fourth-order valence-electron chi connectivity index (χ4n) is 5.73. The van der Waals surface area contributed by atoms with E-state index in [2.05, 4.69) is 41.4 Å². The number of rotatable bonds is 15. The van der Waals surface area contributed by atoms with Crippen LogP contribution in [0.15, 0.2) is 113 Å². The molecule has 4 aromatic carbocycles. The first kappa shape index (κ1) is 34.0. The third-order valence-corrected chi connectivity index (χ3v) is 10.2. The minimum Gasteiger partial charge on any atom is -0.503 e. The van der Waals surface area contributed by atoms with E-state index < -0.39 is 23.5 Å². The summed E-state index contributed by atoms with van der Waals surface area (Å²) in [5, 5.41) is 22.6. The minimum absolute atomic E-state index is 0.0450. The molecule has 1 amide bonds. The van der Waals surface area contributed by atoms with Gasteiger partial charge in [-0.05, 0) is 59.0 Å². The molecule has 10 heteroatoms. The topological polar surface area (TPSA) is 102 Å². The average Bonchev–Trinajstić information content (AvgIpc) is 3.70. The number of thioether (sulfide) groups is 1. The molecule has 8 nitrogen and oxygen atoms in total. The van der Waals surface area contributed by atoms with Crippen molar-refractivity contribution in [2.45, 2.75) is 49.2 Å². The molecule has 0 aliphatic carbocycles. The monoisotopic (exact) mass is 691 g/mol. The highest BCUT2D eigenvalue weighted by molar-refractivity contribution is 8.00. The van der Waals surface area contributed by atoms with Crippen LogP contribution in [0.2, 0.25) is 0 Å². The Bertz CT molecular complexity index is 2000. The summed E-state index contributed by atoms with van der Waals surface area (Å²) in [7, 11) is 0. The molecular formula is C39H37N3O5S2. The number of carbonyl (C=O) groups excluding carboxylic acids is 2. The lowest BCUT2D eigenvalue weighted by molar-refractivity contribution is -0.117. The molecular weight excluding hydrogens is 655 g/mol. The van der Waals surface area contributed by atoms with Gasteiger partial charge < -0.3 is 14.6 Å². The van der Waals surface area contributed by atoms with Crippen molar-refractivity contribution < 1.29 is 24.2 Å². The number of amides is 1. The number of benzene rings is 4. The number of anilines is 1. The van der Waals surface area contributed by atoms with Gasteiger partial charge in [-0.15, -0.1) is 10.2 Å². The van der Waals surface area contributed by atoms with Crippen LogP contribution in [0, 0.1) is 0 Å². The van der Waals surface area contributed by atoms with Crippen molar-refractivity contribution in [3.8, 4) is 11.5 Å². The maximum absolute atomic E-state index is 13.8. The van der Waals surface area contributed by atoms with Crippen LogP contribution in [0.5, 0.6) is 11.5 Å². The van der Waals surface area contributed by atoms with Gasteiger partial charge in [0.15, 0.2) is 27.4 Å². The van der Waals surface area contributed by atoms with Crippen LogP contribution in [0.1, 0.15) is 55.8 Å². The van der Waals surface area contributed by atoms with E-state index in [-0.39, 0.29) is 10.7 Å². The summed E-state index contributed by atoms with van der Waals surface area (Å²) < 4.78 is 12.7. The predicted molar refractivity (Wildman–Crippen MR) is 196 cm³/mol. The number of ether oxygens (including phenoxy) is 2. The average molecular weight is 692 g/mol. The van der Waals surface area contributed by atoms with Crippen molar-refractivity contribution >= 4 is 56.8 Å². The van der Waals surface area contributed by atoms with Crippen molar-refractivity contribution in [2.24, 2.45) is 0 Å². The molecule has 0 saturated heterocycles. The number of aliphatic hydroxyl groups is 1. The smallest absolute Gasteiger partial charge is 0.296 e. The van der Waals surface area contributed by atoms with E-state index in [1.165, 1.54) is 39.5 Å². The second-order valence-corrected chi connectivity index (χ2v) is 13.6. The van der Waals surface area contributed by atoms with Crippen molar-refractivity contribution in [2.75, 3.05) is 18.1 Å². The lowest BCUT2D eigenvalue weighted by atomic mass is 9.95. The van der Waals surface area contributed by atoms with Gasteiger partial charge >= 0.3 is 0 Å². The third kappa shape index (κ3) is 7.71. The van der Waals surface area contributed by atoms with Crippen LogP contribution in [0.25, 0.3) is 16.8 Å². The van der Waals surface area contributed by atoms with Gasteiger partial charge in [0.2, 0.25) is 5.13 Å². The number of hydrogen-bond acceptors (Lipinski definition) is 9. The number of carbonyl (C=O) groups is 2. The lowest BCUT2D eigenvalue weighted by Gasteiger charge is -2.24. The Kier molecular flexibility index (Phi) is 11.1. The normalized spacial score (nSPS) is 14.7. The number of nitrogens with zero attached hydrogens (tertiary/aromatic N) is 3. The highest BCUT2D eigenvalue weighted by Crippen LogP contribution is 2.45. The van der Waals surface area contributed by atoms with E-state index >= 15 is 0 Å². The van der Waals surface area contributed by atoms with Crippen LogP contribution >= 0.6 is 23.1 Å². The van der Waals surface area contributed by atoms with Gasteiger partial charge in [0.05, 0.1) is 24.8 Å². The molecule has 49 heavy (non-hydrogen) atoms. The fraction of sp³-hybridized carbons (Fsp3) is 0.231. The highest BCUT2D eigenvalue weighted by Gasteiger charge is 2.45. The quantitative estimate of drug-likeness (QED) is 0.0502. The summed E-state index contributed by atoms with van der Waals surface area (Å²) in [4.78, 5) is 29.0. The summed E-state index contributed by atoms with van der Waals surface area (Å²) in [6, 6.07) is 28.2. The van der Waals surface area contributed by atoms with Gasteiger partial charge in [0.25, 0.3) is 5.91 Å². The Morgan fingerprint density at radius 2 is 1.73 bits per heavy atom. The Morgan fingerprint density at radius 1 is 0.939 bits per heavy atom. The molecule has 1 atom stereocenters. The van der Waals surface area contributed by atoms with Crippen LogP contribution in [0.3, 0.4) is 0 Å². The van der Waals surface area contributed by atoms with Crippen molar-refractivity contribution in [1.29, 1.82) is 0 Å². The van der Waals surface area contributed by atoms with Crippen LogP contribution < -0.4 is 14.4 Å². The van der Waals surface area contributed by atoms with Crippen LogP contribution in [-0.2, 0) is 15.3 Å². The zero-order chi connectivity index (χ0) is 34.2. The molecule has 5 aromatic rings. The molecule has 0 saturated carbocycles. The minimum atomic E-state index is -0.974. The first-order chi connectivity index (χ1) is 24.0. The van der Waals surface area contributed by atoms with E-state index in [0.29, 0.717) is 40.4 Å². The van der Waals surface area contributed by atoms with Gasteiger partial charge in [-0.1, -0.05) is 128 Å². The van der Waals surface area contributed by atoms with Gasteiger partial charge in [-0.3, -0.25) is 14.5 Å². The number of aromatic nitrogens is 2. The van der Waals surface area contributed by atoms with Gasteiger partial charge in [-0.25, -0.2) is 0 Å². The van der Waals surface area contributed by atoms with E-state index in [0.717, 1.165) is 35.8 Å². The predicted octanol–water partition coefficient (Wildman–Crippen LogP) is 9.13. The third-order valence-electron chi connectivity index (χ3n) is 8.12. The molecule has 1 unspecified atom stereocenters. The van der Waals surface area contributed by atoms with Crippen LogP contribution in [0.4, 0.5) is 5.13 Å². The summed E-state index contributed by atoms with van der Waals surface area (Å²) in [6.07, 6.45) is 6.09. The van der Waals surface area contributed by atoms with Gasteiger partial charge in [0.1, 0.15) is 0 Å². The Balaban J connectivity index is 1.33. The highest BCUT2D eigenvalue weighted by atomic mass is 32.2. The summed E-state index contributed by atoms with van der Waals surface area (Å²) in [6.45, 7) is 4.95. The Morgan fingerprint density at radius 3 is 2.55 bits per heavy atom. The molecule has 0 bridgehead atoms. The van der Waals surface area contributed by atoms with Crippen LogP contribution in [-0.4, -0.2) is 40.2 Å². The number of fused-ring (bicyclic) bond motifs is 1. The molecule has 1 aliphatic rings. The van der Waals surface area contributed by atoms with E-state index in [9.17, 15) is 14.7 Å². The number of hydrogen-bond donors (Lipinski definition) is 1. The van der Waals surface area contributed by atoms with Gasteiger partial charge in [0, 0.05) is 5.75 Å². The maximum Gasteiger partial charge on any atom is 0.296 e. The molecule has 2 heterocycles. The maximum atomic E-state index is 13.8. The van der Waals surface area contributed by atoms with Crippen molar-refractivity contribution in [3.63, 3.8) is 0 Å². The van der Waals surface area contributed by atoms with Crippen molar-refractivity contribution in [1.82, 2.24) is 10.2 Å². The molecule has 0 radical (unpaired) electrons.